The van der Waals surface area contributed by atoms with Crippen molar-refractivity contribution >= 4 is 31.4 Å². The summed E-state index contributed by atoms with van der Waals surface area (Å²) in [6.07, 6.45) is 0. The van der Waals surface area contributed by atoms with Gasteiger partial charge in [0, 0.05) is 10.1 Å². The minimum Gasteiger partial charge on any atom is -0.224 e. The molecule has 2 aromatic rings. The van der Waals surface area contributed by atoms with Crippen molar-refractivity contribution in [2.75, 3.05) is 0 Å². The highest BCUT2D eigenvalue weighted by atomic mass is 32.2. The number of hydrogen-bond acceptors (Lipinski definition) is 3. The molecule has 0 saturated carbocycles. The molecule has 0 amide bonds. The maximum absolute atomic E-state index is 13.5. The molecule has 1 aromatic heterocycles. The van der Waals surface area contributed by atoms with Crippen LogP contribution >= 0.6 is 11.3 Å². The van der Waals surface area contributed by atoms with E-state index in [1.807, 2.05) is 0 Å². The lowest BCUT2D eigenvalue weighted by Crippen LogP contribution is -2.11. The lowest BCUT2D eigenvalue weighted by Gasteiger charge is -1.90. The zero-order valence-electron chi connectivity index (χ0n) is 6.90. The highest BCUT2D eigenvalue weighted by Crippen LogP contribution is 2.31. The van der Waals surface area contributed by atoms with Gasteiger partial charge in [0.1, 0.15) is 0 Å². The van der Waals surface area contributed by atoms with E-state index >= 15 is 0 Å². The van der Waals surface area contributed by atoms with E-state index in [2.05, 4.69) is 0 Å². The molecule has 0 saturated heterocycles. The molecule has 0 aliphatic rings. The number of benzene rings is 1. The number of sulfonamides is 1. The summed E-state index contributed by atoms with van der Waals surface area (Å²) >= 11 is 0.843. The van der Waals surface area contributed by atoms with E-state index in [0.29, 0.717) is 10.1 Å². The average molecular weight is 231 g/mol. The fourth-order valence-electron chi connectivity index (χ4n) is 1.17. The van der Waals surface area contributed by atoms with Crippen LogP contribution in [0.15, 0.2) is 28.5 Å². The minimum absolute atomic E-state index is 0.293. The molecular weight excluding hydrogens is 225 g/mol. The van der Waals surface area contributed by atoms with Crippen molar-refractivity contribution in [3.8, 4) is 0 Å². The summed E-state index contributed by atoms with van der Waals surface area (Å²) in [5, 5.41) is 5.16. The summed E-state index contributed by atoms with van der Waals surface area (Å²) in [6, 6.07) is 6.53. The SMILES string of the molecule is NS(=O)(=O)c1sc2ccccc2c1F. The summed E-state index contributed by atoms with van der Waals surface area (Å²) < 4.78 is 35.6. The van der Waals surface area contributed by atoms with Gasteiger partial charge in [-0.25, -0.2) is 17.9 Å². The van der Waals surface area contributed by atoms with Gasteiger partial charge in [0.2, 0.25) is 0 Å². The fourth-order valence-corrected chi connectivity index (χ4v) is 3.08. The van der Waals surface area contributed by atoms with Crippen LogP contribution in [0.5, 0.6) is 0 Å². The lowest BCUT2D eigenvalue weighted by atomic mass is 10.3. The summed E-state index contributed by atoms with van der Waals surface area (Å²) in [4.78, 5) is 0. The quantitative estimate of drug-likeness (QED) is 0.811. The Balaban J connectivity index is 2.89. The first-order chi connectivity index (χ1) is 6.50. The number of fused-ring (bicyclic) bond motifs is 1. The van der Waals surface area contributed by atoms with E-state index in [9.17, 15) is 12.8 Å². The Morgan fingerprint density at radius 1 is 1.29 bits per heavy atom. The summed E-state index contributed by atoms with van der Waals surface area (Å²) in [6.45, 7) is 0. The first-order valence-corrected chi connectivity index (χ1v) is 6.06. The standard InChI is InChI=1S/C8H6FNO2S2/c9-7-5-3-1-2-4-6(5)13-8(7)14(10,11)12/h1-4H,(H2,10,11,12). The van der Waals surface area contributed by atoms with Crippen molar-refractivity contribution in [3.63, 3.8) is 0 Å². The lowest BCUT2D eigenvalue weighted by molar-refractivity contribution is 0.581. The van der Waals surface area contributed by atoms with Gasteiger partial charge in [0.05, 0.1) is 0 Å². The summed E-state index contributed by atoms with van der Waals surface area (Å²) in [5.74, 6) is -0.756. The normalized spacial score (nSPS) is 12.1. The molecule has 1 aromatic carbocycles. The van der Waals surface area contributed by atoms with E-state index < -0.39 is 20.0 Å². The smallest absolute Gasteiger partial charge is 0.224 e. The van der Waals surface area contributed by atoms with Crippen LogP contribution in [0.25, 0.3) is 10.1 Å². The largest absolute Gasteiger partial charge is 0.250 e. The van der Waals surface area contributed by atoms with Crippen molar-refractivity contribution in [3.05, 3.63) is 30.1 Å². The second kappa shape index (κ2) is 3.01. The first kappa shape index (κ1) is 9.57. The van der Waals surface area contributed by atoms with E-state index in [-0.39, 0.29) is 0 Å². The summed E-state index contributed by atoms with van der Waals surface area (Å²) in [7, 11) is -3.95. The Morgan fingerprint density at radius 2 is 1.93 bits per heavy atom. The first-order valence-electron chi connectivity index (χ1n) is 3.70. The number of rotatable bonds is 1. The molecule has 3 nitrogen and oxygen atoms in total. The van der Waals surface area contributed by atoms with Gasteiger partial charge in [0.15, 0.2) is 10.0 Å². The van der Waals surface area contributed by atoms with E-state index in [0.717, 1.165) is 11.3 Å². The highest BCUT2D eigenvalue weighted by Gasteiger charge is 2.20. The molecule has 0 bridgehead atoms. The van der Waals surface area contributed by atoms with Gasteiger partial charge >= 0.3 is 0 Å². The number of primary sulfonamides is 1. The Hall–Kier alpha value is -0.980. The molecule has 2 rings (SSSR count). The Bertz CT molecular complexity index is 588. The number of thiophene rings is 1. The van der Waals surface area contributed by atoms with Crippen molar-refractivity contribution in [1.82, 2.24) is 0 Å². The van der Waals surface area contributed by atoms with Gasteiger partial charge < -0.3 is 0 Å². The van der Waals surface area contributed by atoms with Gasteiger partial charge in [-0.15, -0.1) is 11.3 Å². The highest BCUT2D eigenvalue weighted by molar-refractivity contribution is 7.91. The van der Waals surface area contributed by atoms with Crippen molar-refractivity contribution in [2.24, 2.45) is 5.14 Å². The van der Waals surface area contributed by atoms with E-state index in [4.69, 9.17) is 5.14 Å². The molecular formula is C8H6FNO2S2. The van der Waals surface area contributed by atoms with Crippen LogP contribution in [0.3, 0.4) is 0 Å². The monoisotopic (exact) mass is 231 g/mol. The second-order valence-electron chi connectivity index (χ2n) is 2.74. The predicted molar refractivity (Wildman–Crippen MR) is 53.2 cm³/mol. The Morgan fingerprint density at radius 3 is 2.50 bits per heavy atom. The second-order valence-corrected chi connectivity index (χ2v) is 5.55. The van der Waals surface area contributed by atoms with Gasteiger partial charge in [-0.1, -0.05) is 18.2 Å². The molecule has 0 aliphatic carbocycles. The molecule has 0 fully saturated rings. The molecule has 74 valence electrons. The number of halogens is 1. The van der Waals surface area contributed by atoms with Crippen molar-refractivity contribution in [1.29, 1.82) is 0 Å². The number of nitrogens with two attached hydrogens (primary N) is 1. The number of hydrogen-bond donors (Lipinski definition) is 1. The van der Waals surface area contributed by atoms with Crippen LogP contribution in [-0.4, -0.2) is 8.42 Å². The van der Waals surface area contributed by atoms with Gasteiger partial charge in [-0.2, -0.15) is 0 Å². The van der Waals surface area contributed by atoms with Gasteiger partial charge in [0.25, 0.3) is 10.0 Å². The van der Waals surface area contributed by atoms with Crippen molar-refractivity contribution in [2.45, 2.75) is 4.21 Å². The van der Waals surface area contributed by atoms with Crippen LogP contribution in [0.1, 0.15) is 0 Å². The van der Waals surface area contributed by atoms with Crippen LogP contribution < -0.4 is 5.14 Å². The predicted octanol–water partition coefficient (Wildman–Crippen LogP) is 1.69. The van der Waals surface area contributed by atoms with E-state index in [1.54, 1.807) is 18.2 Å². The third-order valence-corrected chi connectivity index (χ3v) is 4.35. The van der Waals surface area contributed by atoms with Crippen molar-refractivity contribution < 1.29 is 12.8 Å². The minimum atomic E-state index is -3.95. The molecule has 14 heavy (non-hydrogen) atoms. The molecule has 0 atom stereocenters. The molecule has 0 radical (unpaired) electrons. The van der Waals surface area contributed by atoms with Crippen LogP contribution in [0.2, 0.25) is 0 Å². The Labute approximate surface area is 84.0 Å². The Kier molecular flexibility index (Phi) is 2.06. The van der Waals surface area contributed by atoms with E-state index in [1.165, 1.54) is 6.07 Å². The molecule has 2 N–H and O–H groups in total. The zero-order valence-corrected chi connectivity index (χ0v) is 8.53. The third kappa shape index (κ3) is 1.41. The van der Waals surface area contributed by atoms with Crippen LogP contribution in [0, 0.1) is 5.82 Å². The van der Waals surface area contributed by atoms with Gasteiger partial charge in [-0.05, 0) is 6.07 Å². The average Bonchev–Trinajstić information content (AvgIpc) is 2.44. The molecule has 0 aliphatic heterocycles. The van der Waals surface area contributed by atoms with Gasteiger partial charge in [-0.3, -0.25) is 0 Å². The molecule has 0 unspecified atom stereocenters. The molecule has 6 heteroatoms. The molecule has 1 heterocycles. The topological polar surface area (TPSA) is 60.2 Å². The zero-order chi connectivity index (χ0) is 10.3. The third-order valence-electron chi connectivity index (χ3n) is 1.76. The fraction of sp³-hybridized carbons (Fsp3) is 0. The summed E-state index contributed by atoms with van der Waals surface area (Å²) in [5.41, 5.74) is 0. The van der Waals surface area contributed by atoms with Crippen LogP contribution in [0.4, 0.5) is 4.39 Å². The maximum Gasteiger partial charge on any atom is 0.250 e. The molecule has 0 spiro atoms. The van der Waals surface area contributed by atoms with Crippen LogP contribution in [-0.2, 0) is 10.0 Å². The maximum atomic E-state index is 13.5.